The van der Waals surface area contributed by atoms with E-state index < -0.39 is 23.2 Å². The monoisotopic (exact) mass is 448 g/mol. The van der Waals surface area contributed by atoms with Crippen LogP contribution in [0.3, 0.4) is 0 Å². The zero-order valence-electron chi connectivity index (χ0n) is 20.6. The summed E-state index contributed by atoms with van der Waals surface area (Å²) in [7, 11) is 0. The summed E-state index contributed by atoms with van der Waals surface area (Å²) in [5.41, 5.74) is -2.38. The number of ketones is 1. The van der Waals surface area contributed by atoms with Gasteiger partial charge in [-0.3, -0.25) is 4.79 Å². The largest absolute Gasteiger partial charge is 0.396 e. The predicted molar refractivity (Wildman–Crippen MR) is 126 cm³/mol. The van der Waals surface area contributed by atoms with E-state index in [1.165, 1.54) is 0 Å². The molecule has 5 heteroatoms. The van der Waals surface area contributed by atoms with E-state index in [2.05, 4.69) is 39.8 Å². The summed E-state index contributed by atoms with van der Waals surface area (Å²) in [6, 6.07) is 0. The summed E-state index contributed by atoms with van der Waals surface area (Å²) in [6.07, 6.45) is 8.49. The number of carbonyl (C=O) groups is 1. The molecule has 182 valence electrons. The highest BCUT2D eigenvalue weighted by Gasteiger charge is 2.63. The van der Waals surface area contributed by atoms with E-state index in [0.29, 0.717) is 42.6 Å². The molecule has 0 aromatic carbocycles. The summed E-state index contributed by atoms with van der Waals surface area (Å²) in [5, 5.41) is 42.4. The van der Waals surface area contributed by atoms with Crippen molar-refractivity contribution in [3.8, 4) is 0 Å². The number of Topliss-reactive ketones (excluding diaryl/α,β-unsaturated/α-hetero) is 1. The van der Waals surface area contributed by atoms with Crippen LogP contribution >= 0.6 is 0 Å². The number of hydrogen-bond acceptors (Lipinski definition) is 5. The quantitative estimate of drug-likeness (QED) is 0.444. The van der Waals surface area contributed by atoms with Crippen molar-refractivity contribution in [2.45, 2.75) is 97.4 Å². The van der Waals surface area contributed by atoms with Gasteiger partial charge in [0.15, 0.2) is 5.78 Å². The molecule has 0 radical (unpaired) electrons. The second-order valence-corrected chi connectivity index (χ2v) is 11.7. The summed E-state index contributed by atoms with van der Waals surface area (Å²) >= 11 is 0. The Bertz CT molecular complexity index is 757. The first-order chi connectivity index (χ1) is 14.9. The molecule has 0 saturated heterocycles. The van der Waals surface area contributed by atoms with Crippen LogP contribution in [0.2, 0.25) is 0 Å². The van der Waals surface area contributed by atoms with Crippen LogP contribution < -0.4 is 0 Å². The van der Waals surface area contributed by atoms with E-state index >= 15 is 0 Å². The molecule has 0 bridgehead atoms. The van der Waals surface area contributed by atoms with Gasteiger partial charge in [-0.25, -0.2) is 0 Å². The standard InChI is InChI=1S/C27H44O5/c1-17(2)7-6-8-18(3)21-9-10-22(25(21,4)13-14-28)20-15-23(30)27(32)16-19(29)11-12-26(27,5)24(20)31/h6,8,15,17-19,21-23,28-30,32H,7,9-14,16H2,1-5H3. The summed E-state index contributed by atoms with van der Waals surface area (Å²) in [5.74, 6) is 1.12. The lowest BCUT2D eigenvalue weighted by molar-refractivity contribution is -0.191. The fraction of sp³-hybridized carbons (Fsp3) is 0.815. The van der Waals surface area contributed by atoms with Crippen molar-refractivity contribution in [3.63, 3.8) is 0 Å². The van der Waals surface area contributed by atoms with E-state index in [4.69, 9.17) is 0 Å². The van der Waals surface area contributed by atoms with E-state index in [-0.39, 0.29) is 30.1 Å². The van der Waals surface area contributed by atoms with Gasteiger partial charge in [-0.15, -0.1) is 0 Å². The Morgan fingerprint density at radius 2 is 1.84 bits per heavy atom. The number of carbonyl (C=O) groups excluding carboxylic acids is 1. The van der Waals surface area contributed by atoms with Gasteiger partial charge in [0.2, 0.25) is 0 Å². The topological polar surface area (TPSA) is 98.0 Å². The minimum absolute atomic E-state index is 0.0130. The minimum Gasteiger partial charge on any atom is -0.396 e. The maximum absolute atomic E-state index is 13.8. The van der Waals surface area contributed by atoms with Gasteiger partial charge in [0.05, 0.1) is 11.5 Å². The number of aliphatic hydroxyl groups is 4. The minimum atomic E-state index is -1.64. The average Bonchev–Trinajstić information content (AvgIpc) is 3.04. The van der Waals surface area contributed by atoms with E-state index in [0.717, 1.165) is 19.3 Å². The van der Waals surface area contributed by atoms with Gasteiger partial charge in [-0.1, -0.05) is 39.8 Å². The Hall–Kier alpha value is -1.01. The Kier molecular flexibility index (Phi) is 7.46. The van der Waals surface area contributed by atoms with Crippen molar-refractivity contribution in [2.24, 2.45) is 34.5 Å². The highest BCUT2D eigenvalue weighted by molar-refractivity contribution is 6.02. The maximum atomic E-state index is 13.8. The van der Waals surface area contributed by atoms with Gasteiger partial charge >= 0.3 is 0 Å². The molecule has 8 unspecified atom stereocenters. The predicted octanol–water partition coefficient (Wildman–Crippen LogP) is 3.79. The molecule has 2 saturated carbocycles. The number of hydrogen-bond donors (Lipinski definition) is 4. The molecular formula is C27H44O5. The number of aliphatic hydroxyl groups excluding tert-OH is 3. The lowest BCUT2D eigenvalue weighted by Gasteiger charge is -2.54. The third-order valence-corrected chi connectivity index (χ3v) is 9.19. The van der Waals surface area contributed by atoms with E-state index in [1.54, 1.807) is 13.0 Å². The summed E-state index contributed by atoms with van der Waals surface area (Å²) in [6.45, 7) is 10.6. The first kappa shape index (κ1) is 25.6. The summed E-state index contributed by atoms with van der Waals surface area (Å²) < 4.78 is 0. The number of fused-ring (bicyclic) bond motifs is 1. The molecule has 0 amide bonds. The molecule has 0 aromatic rings. The van der Waals surface area contributed by atoms with Crippen LogP contribution in [0, 0.1) is 34.5 Å². The molecular weight excluding hydrogens is 404 g/mol. The van der Waals surface area contributed by atoms with Crippen LogP contribution in [0.4, 0.5) is 0 Å². The van der Waals surface area contributed by atoms with Gasteiger partial charge in [0.25, 0.3) is 0 Å². The molecule has 3 aliphatic carbocycles. The van der Waals surface area contributed by atoms with Crippen LogP contribution in [-0.2, 0) is 4.79 Å². The third kappa shape index (κ3) is 4.15. The highest BCUT2D eigenvalue weighted by Crippen LogP contribution is 2.59. The Morgan fingerprint density at radius 3 is 2.47 bits per heavy atom. The molecule has 8 atom stereocenters. The average molecular weight is 449 g/mol. The van der Waals surface area contributed by atoms with Crippen molar-refractivity contribution in [3.05, 3.63) is 23.8 Å². The van der Waals surface area contributed by atoms with Gasteiger partial charge < -0.3 is 20.4 Å². The molecule has 0 heterocycles. The maximum Gasteiger partial charge on any atom is 0.167 e. The molecule has 0 aliphatic heterocycles. The molecule has 0 spiro atoms. The zero-order chi connectivity index (χ0) is 23.9. The molecule has 2 fully saturated rings. The van der Waals surface area contributed by atoms with Crippen LogP contribution in [0.25, 0.3) is 0 Å². The Morgan fingerprint density at radius 1 is 1.16 bits per heavy atom. The smallest absolute Gasteiger partial charge is 0.167 e. The van der Waals surface area contributed by atoms with Crippen LogP contribution in [0.15, 0.2) is 23.8 Å². The van der Waals surface area contributed by atoms with Gasteiger partial charge in [0, 0.05) is 13.0 Å². The van der Waals surface area contributed by atoms with Crippen molar-refractivity contribution in [1.29, 1.82) is 0 Å². The van der Waals surface area contributed by atoms with Crippen molar-refractivity contribution in [1.82, 2.24) is 0 Å². The van der Waals surface area contributed by atoms with Crippen molar-refractivity contribution >= 4 is 5.78 Å². The SMILES string of the molecule is CC(C)CC=CC(C)C1CCC(C2=CC(O)C3(O)CC(O)CCC3(C)C2=O)C1(C)CCO. The number of rotatable bonds is 7. The van der Waals surface area contributed by atoms with Crippen LogP contribution in [-0.4, -0.2) is 50.6 Å². The van der Waals surface area contributed by atoms with Gasteiger partial charge in [-0.2, -0.15) is 0 Å². The highest BCUT2D eigenvalue weighted by atomic mass is 16.3. The zero-order valence-corrected chi connectivity index (χ0v) is 20.6. The Labute approximate surface area is 193 Å². The fourth-order valence-electron chi connectivity index (χ4n) is 7.03. The molecule has 32 heavy (non-hydrogen) atoms. The molecule has 5 nitrogen and oxygen atoms in total. The third-order valence-electron chi connectivity index (χ3n) is 9.19. The first-order valence-electron chi connectivity index (χ1n) is 12.5. The lowest BCUT2D eigenvalue weighted by Crippen LogP contribution is -2.65. The fourth-order valence-corrected chi connectivity index (χ4v) is 7.03. The summed E-state index contributed by atoms with van der Waals surface area (Å²) in [4.78, 5) is 13.8. The molecule has 4 N–H and O–H groups in total. The second kappa shape index (κ2) is 9.32. The van der Waals surface area contributed by atoms with Gasteiger partial charge in [0.1, 0.15) is 11.7 Å². The van der Waals surface area contributed by atoms with Crippen molar-refractivity contribution < 1.29 is 25.2 Å². The first-order valence-corrected chi connectivity index (χ1v) is 12.5. The second-order valence-electron chi connectivity index (χ2n) is 11.7. The number of allylic oxidation sites excluding steroid dienone is 3. The lowest BCUT2D eigenvalue weighted by atomic mass is 9.53. The van der Waals surface area contributed by atoms with E-state index in [1.807, 2.05) is 0 Å². The van der Waals surface area contributed by atoms with Crippen LogP contribution in [0.1, 0.15) is 79.6 Å². The molecule has 0 aromatic heterocycles. The van der Waals surface area contributed by atoms with Gasteiger partial charge in [-0.05, 0) is 86.2 Å². The molecule has 3 rings (SSSR count). The molecule has 3 aliphatic rings. The van der Waals surface area contributed by atoms with Crippen molar-refractivity contribution in [2.75, 3.05) is 6.61 Å². The normalized spacial score (nSPS) is 43.6. The Balaban J connectivity index is 1.94. The van der Waals surface area contributed by atoms with Crippen LogP contribution in [0.5, 0.6) is 0 Å². The van der Waals surface area contributed by atoms with E-state index in [9.17, 15) is 25.2 Å².